The first-order valence-corrected chi connectivity index (χ1v) is 6.06. The maximum Gasteiger partial charge on any atom is 0.0514 e. The Hall–Kier alpha value is -0.930. The van der Waals surface area contributed by atoms with Gasteiger partial charge in [-0.05, 0) is 50.6 Å². The van der Waals surface area contributed by atoms with E-state index in [0.29, 0.717) is 6.04 Å². The Labute approximate surface area is 97.7 Å². The van der Waals surface area contributed by atoms with Gasteiger partial charge in [0.25, 0.3) is 0 Å². The van der Waals surface area contributed by atoms with Crippen molar-refractivity contribution in [2.45, 2.75) is 38.3 Å². The maximum absolute atomic E-state index is 6.30. The highest BCUT2D eigenvalue weighted by Gasteiger charge is 2.27. The molecule has 3 heteroatoms. The zero-order chi connectivity index (χ0) is 11.5. The van der Waals surface area contributed by atoms with E-state index >= 15 is 0 Å². The summed E-state index contributed by atoms with van der Waals surface area (Å²) in [6.45, 7) is 3.27. The van der Waals surface area contributed by atoms with Crippen LogP contribution in [0.2, 0.25) is 0 Å². The van der Waals surface area contributed by atoms with Gasteiger partial charge < -0.3 is 5.73 Å². The average Bonchev–Trinajstić information content (AvgIpc) is 2.42. The summed E-state index contributed by atoms with van der Waals surface area (Å²) in [5.41, 5.74) is 8.89. The van der Waals surface area contributed by atoms with Crippen LogP contribution in [0.5, 0.6) is 0 Å². The number of likely N-dealkylation sites (tertiary alicyclic amines) is 1. The van der Waals surface area contributed by atoms with Gasteiger partial charge in [-0.25, -0.2) is 0 Å². The van der Waals surface area contributed by atoms with Gasteiger partial charge in [-0.1, -0.05) is 6.42 Å². The van der Waals surface area contributed by atoms with Gasteiger partial charge in [0, 0.05) is 18.4 Å². The molecular weight excluding hydrogens is 198 g/mol. The number of pyridine rings is 1. The topological polar surface area (TPSA) is 42.1 Å². The van der Waals surface area contributed by atoms with Crippen LogP contribution in [0.1, 0.15) is 36.4 Å². The van der Waals surface area contributed by atoms with Crippen LogP contribution in [0.25, 0.3) is 0 Å². The number of hydrogen-bond donors (Lipinski definition) is 1. The molecule has 0 bridgehead atoms. The SMILES string of the molecule is Cc1ccncc1C1C(N)CCCCN1C. The molecule has 2 N–H and O–H groups in total. The summed E-state index contributed by atoms with van der Waals surface area (Å²) in [6.07, 6.45) is 7.42. The summed E-state index contributed by atoms with van der Waals surface area (Å²) < 4.78 is 0. The fourth-order valence-corrected chi connectivity index (χ4v) is 2.62. The van der Waals surface area contributed by atoms with E-state index in [1.807, 2.05) is 12.4 Å². The molecular formula is C13H21N3. The van der Waals surface area contributed by atoms with Gasteiger partial charge in [-0.15, -0.1) is 0 Å². The highest BCUT2D eigenvalue weighted by molar-refractivity contribution is 5.26. The van der Waals surface area contributed by atoms with Crippen molar-refractivity contribution in [3.05, 3.63) is 29.6 Å². The van der Waals surface area contributed by atoms with Crippen LogP contribution in [-0.4, -0.2) is 29.5 Å². The second-order valence-electron chi connectivity index (χ2n) is 4.82. The summed E-state index contributed by atoms with van der Waals surface area (Å²) >= 11 is 0. The Kier molecular flexibility index (Phi) is 3.56. The summed E-state index contributed by atoms with van der Waals surface area (Å²) in [7, 11) is 2.17. The van der Waals surface area contributed by atoms with E-state index in [4.69, 9.17) is 5.73 Å². The number of aromatic nitrogens is 1. The zero-order valence-electron chi connectivity index (χ0n) is 10.2. The number of aryl methyl sites for hydroxylation is 1. The lowest BCUT2D eigenvalue weighted by Crippen LogP contribution is -2.38. The van der Waals surface area contributed by atoms with Crippen LogP contribution in [-0.2, 0) is 0 Å². The number of nitrogens with two attached hydrogens (primary N) is 1. The van der Waals surface area contributed by atoms with Gasteiger partial charge in [0.1, 0.15) is 0 Å². The van der Waals surface area contributed by atoms with E-state index in [-0.39, 0.29) is 6.04 Å². The van der Waals surface area contributed by atoms with Crippen LogP contribution >= 0.6 is 0 Å². The first-order chi connectivity index (χ1) is 7.70. The molecule has 0 amide bonds. The minimum absolute atomic E-state index is 0.232. The van der Waals surface area contributed by atoms with E-state index in [1.54, 1.807) is 0 Å². The third-order valence-electron chi connectivity index (χ3n) is 3.58. The number of rotatable bonds is 1. The number of nitrogens with zero attached hydrogens (tertiary/aromatic N) is 2. The monoisotopic (exact) mass is 219 g/mol. The van der Waals surface area contributed by atoms with Gasteiger partial charge >= 0.3 is 0 Å². The Morgan fingerprint density at radius 2 is 2.25 bits per heavy atom. The fourth-order valence-electron chi connectivity index (χ4n) is 2.62. The Morgan fingerprint density at radius 3 is 3.00 bits per heavy atom. The molecule has 3 nitrogen and oxygen atoms in total. The summed E-state index contributed by atoms with van der Waals surface area (Å²) in [4.78, 5) is 6.61. The molecule has 2 atom stereocenters. The van der Waals surface area contributed by atoms with Crippen LogP contribution in [0.3, 0.4) is 0 Å². The molecule has 0 spiro atoms. The van der Waals surface area contributed by atoms with Crippen molar-refractivity contribution < 1.29 is 0 Å². The van der Waals surface area contributed by atoms with Crippen LogP contribution in [0, 0.1) is 6.92 Å². The quantitative estimate of drug-likeness (QED) is 0.784. The van der Waals surface area contributed by atoms with Gasteiger partial charge in [0.05, 0.1) is 6.04 Å². The van der Waals surface area contributed by atoms with Crippen LogP contribution in [0.15, 0.2) is 18.5 Å². The number of likely N-dealkylation sites (N-methyl/N-ethyl adjacent to an activating group) is 1. The largest absolute Gasteiger partial charge is 0.326 e. The van der Waals surface area contributed by atoms with Crippen molar-refractivity contribution in [3.63, 3.8) is 0 Å². The van der Waals surface area contributed by atoms with Crippen molar-refractivity contribution in [1.82, 2.24) is 9.88 Å². The Bertz CT molecular complexity index is 339. The molecule has 0 saturated carbocycles. The summed E-state index contributed by atoms with van der Waals surface area (Å²) in [5, 5.41) is 0. The minimum Gasteiger partial charge on any atom is -0.326 e. The predicted octanol–water partition coefficient (Wildman–Crippen LogP) is 1.87. The highest BCUT2D eigenvalue weighted by atomic mass is 15.1. The summed E-state index contributed by atoms with van der Waals surface area (Å²) in [5.74, 6) is 0. The summed E-state index contributed by atoms with van der Waals surface area (Å²) in [6, 6.07) is 2.63. The molecule has 1 saturated heterocycles. The molecule has 1 fully saturated rings. The van der Waals surface area contributed by atoms with Crippen molar-refractivity contribution in [3.8, 4) is 0 Å². The lowest BCUT2D eigenvalue weighted by atomic mass is 9.95. The van der Waals surface area contributed by atoms with E-state index < -0.39 is 0 Å². The minimum atomic E-state index is 0.232. The van der Waals surface area contributed by atoms with Crippen molar-refractivity contribution in [2.24, 2.45) is 5.73 Å². The third kappa shape index (κ3) is 2.25. The van der Waals surface area contributed by atoms with E-state index in [9.17, 15) is 0 Å². The van der Waals surface area contributed by atoms with Gasteiger partial charge in [0.2, 0.25) is 0 Å². The molecule has 2 rings (SSSR count). The number of hydrogen-bond acceptors (Lipinski definition) is 3. The highest BCUT2D eigenvalue weighted by Crippen LogP contribution is 2.29. The lowest BCUT2D eigenvalue weighted by molar-refractivity contribution is 0.229. The van der Waals surface area contributed by atoms with Crippen molar-refractivity contribution >= 4 is 0 Å². The second kappa shape index (κ2) is 4.93. The standard InChI is InChI=1S/C13H21N3/c1-10-6-7-15-9-11(10)13-12(14)5-3-4-8-16(13)2/h6-7,9,12-13H,3-5,8,14H2,1-2H3. The average molecular weight is 219 g/mol. The van der Waals surface area contributed by atoms with Gasteiger partial charge in [-0.2, -0.15) is 0 Å². The molecule has 1 aromatic heterocycles. The normalized spacial score (nSPS) is 27.7. The van der Waals surface area contributed by atoms with E-state index in [0.717, 1.165) is 13.0 Å². The first kappa shape index (κ1) is 11.6. The Morgan fingerprint density at radius 1 is 1.44 bits per heavy atom. The van der Waals surface area contributed by atoms with Gasteiger partial charge in [0.15, 0.2) is 0 Å². The second-order valence-corrected chi connectivity index (χ2v) is 4.82. The van der Waals surface area contributed by atoms with Crippen LogP contribution < -0.4 is 5.73 Å². The third-order valence-corrected chi connectivity index (χ3v) is 3.58. The molecule has 16 heavy (non-hydrogen) atoms. The Balaban J connectivity index is 2.32. The van der Waals surface area contributed by atoms with Crippen molar-refractivity contribution in [2.75, 3.05) is 13.6 Å². The molecule has 1 aliphatic rings. The molecule has 0 aliphatic carbocycles. The molecule has 2 unspecified atom stereocenters. The van der Waals surface area contributed by atoms with Gasteiger partial charge in [-0.3, -0.25) is 9.88 Å². The fraction of sp³-hybridized carbons (Fsp3) is 0.615. The zero-order valence-corrected chi connectivity index (χ0v) is 10.2. The van der Waals surface area contributed by atoms with E-state index in [1.165, 1.54) is 24.0 Å². The molecule has 1 aromatic rings. The maximum atomic E-state index is 6.30. The molecule has 2 heterocycles. The van der Waals surface area contributed by atoms with Crippen LogP contribution in [0.4, 0.5) is 0 Å². The molecule has 0 aromatic carbocycles. The smallest absolute Gasteiger partial charge is 0.0514 e. The molecule has 0 radical (unpaired) electrons. The molecule has 88 valence electrons. The van der Waals surface area contributed by atoms with Crippen molar-refractivity contribution in [1.29, 1.82) is 0 Å². The first-order valence-electron chi connectivity index (χ1n) is 6.06. The lowest BCUT2D eigenvalue weighted by Gasteiger charge is -2.31. The van der Waals surface area contributed by atoms with E-state index in [2.05, 4.69) is 29.9 Å². The predicted molar refractivity (Wildman–Crippen MR) is 66.2 cm³/mol. The molecule has 1 aliphatic heterocycles.